The Kier molecular flexibility index (Phi) is 8.63. The topological polar surface area (TPSA) is 191 Å². The van der Waals surface area contributed by atoms with Crippen molar-refractivity contribution in [2.75, 3.05) is 5.32 Å². The second kappa shape index (κ2) is 10.7. The maximum atomic E-state index is 12.6. The molecular formula is C18H25N5O5. The van der Waals surface area contributed by atoms with E-state index in [9.17, 15) is 24.3 Å². The van der Waals surface area contributed by atoms with E-state index in [2.05, 4.69) is 17.2 Å². The molecule has 152 valence electrons. The van der Waals surface area contributed by atoms with Crippen LogP contribution in [0.1, 0.15) is 31.2 Å². The third-order valence-electron chi connectivity index (χ3n) is 3.85. The zero-order valence-electron chi connectivity index (χ0n) is 15.3. The molecule has 4 amide bonds. The summed E-state index contributed by atoms with van der Waals surface area (Å²) in [4.78, 5) is 46.7. The van der Waals surface area contributed by atoms with E-state index in [1.54, 1.807) is 24.3 Å². The van der Waals surface area contributed by atoms with Crippen LogP contribution in [0.2, 0.25) is 0 Å². The molecule has 0 aliphatic carbocycles. The van der Waals surface area contributed by atoms with Gasteiger partial charge in [0, 0.05) is 18.4 Å². The van der Waals surface area contributed by atoms with Gasteiger partial charge in [-0.1, -0.05) is 18.7 Å². The molecule has 0 heterocycles. The number of nitrogens with one attached hydrogen (secondary N) is 2. The first-order chi connectivity index (χ1) is 13.1. The molecule has 1 aromatic carbocycles. The van der Waals surface area contributed by atoms with E-state index in [1.165, 1.54) is 0 Å². The number of benzene rings is 1. The number of aliphatic hydroxyl groups excluding tert-OH is 1. The average Bonchev–Trinajstić information content (AvgIpc) is 2.62. The summed E-state index contributed by atoms with van der Waals surface area (Å²) in [5, 5.41) is 14.6. The van der Waals surface area contributed by atoms with Gasteiger partial charge in [-0.25, -0.2) is 0 Å². The van der Waals surface area contributed by atoms with Crippen LogP contribution in [0, 0.1) is 0 Å². The number of carbonyl (C=O) groups is 4. The van der Waals surface area contributed by atoms with Crippen molar-refractivity contribution in [1.82, 2.24) is 5.32 Å². The normalized spacial score (nSPS) is 12.5. The SMILES string of the molecule is C=C(O)c1ccccc1NC(=O)C(CCC(N)=O)NC(=O)C(N)CCC(N)=O. The quantitative estimate of drug-likeness (QED) is 0.275. The number of anilines is 1. The zero-order valence-corrected chi connectivity index (χ0v) is 15.3. The summed E-state index contributed by atoms with van der Waals surface area (Å²) in [6, 6.07) is 4.21. The van der Waals surface area contributed by atoms with Gasteiger partial charge in [-0.2, -0.15) is 0 Å². The van der Waals surface area contributed by atoms with Crippen molar-refractivity contribution in [3.05, 3.63) is 36.4 Å². The van der Waals surface area contributed by atoms with Crippen molar-refractivity contribution in [3.63, 3.8) is 0 Å². The molecule has 0 aromatic heterocycles. The molecule has 2 unspecified atom stereocenters. The van der Waals surface area contributed by atoms with Gasteiger partial charge in [-0.05, 0) is 25.0 Å². The summed E-state index contributed by atoms with van der Waals surface area (Å²) >= 11 is 0. The van der Waals surface area contributed by atoms with Gasteiger partial charge in [-0.15, -0.1) is 0 Å². The zero-order chi connectivity index (χ0) is 21.3. The highest BCUT2D eigenvalue weighted by molar-refractivity contribution is 5.99. The van der Waals surface area contributed by atoms with Crippen molar-refractivity contribution in [3.8, 4) is 0 Å². The van der Waals surface area contributed by atoms with Gasteiger partial charge in [0.05, 0.1) is 11.7 Å². The van der Waals surface area contributed by atoms with Crippen LogP contribution < -0.4 is 27.8 Å². The molecule has 10 heteroatoms. The van der Waals surface area contributed by atoms with Crippen LogP contribution in [0.5, 0.6) is 0 Å². The van der Waals surface area contributed by atoms with E-state index in [4.69, 9.17) is 17.2 Å². The molecule has 1 rings (SSSR count). The minimum Gasteiger partial charge on any atom is -0.508 e. The highest BCUT2D eigenvalue weighted by Gasteiger charge is 2.25. The van der Waals surface area contributed by atoms with Crippen LogP contribution in [0.15, 0.2) is 30.8 Å². The molecule has 28 heavy (non-hydrogen) atoms. The van der Waals surface area contributed by atoms with Crippen LogP contribution in [-0.4, -0.2) is 40.8 Å². The Balaban J connectivity index is 2.89. The number of aliphatic hydroxyl groups is 1. The van der Waals surface area contributed by atoms with E-state index in [0.717, 1.165) is 0 Å². The molecule has 0 aliphatic heterocycles. The second-order valence-electron chi connectivity index (χ2n) is 6.16. The van der Waals surface area contributed by atoms with Gasteiger partial charge in [0.25, 0.3) is 0 Å². The molecule has 0 radical (unpaired) electrons. The number of primary amides is 2. The Bertz CT molecular complexity index is 764. The lowest BCUT2D eigenvalue weighted by atomic mass is 10.1. The summed E-state index contributed by atoms with van der Waals surface area (Å²) in [7, 11) is 0. The van der Waals surface area contributed by atoms with Crippen molar-refractivity contribution in [2.45, 2.75) is 37.8 Å². The number of para-hydroxylation sites is 1. The fraction of sp³-hybridized carbons (Fsp3) is 0.333. The van der Waals surface area contributed by atoms with Crippen molar-refractivity contribution in [2.24, 2.45) is 17.2 Å². The Morgan fingerprint density at radius 2 is 1.57 bits per heavy atom. The lowest BCUT2D eigenvalue weighted by Crippen LogP contribution is -2.50. The van der Waals surface area contributed by atoms with Gasteiger partial charge < -0.3 is 32.9 Å². The number of hydrogen-bond donors (Lipinski definition) is 6. The molecule has 0 aliphatic rings. The first-order valence-electron chi connectivity index (χ1n) is 8.52. The first kappa shape index (κ1) is 22.6. The summed E-state index contributed by atoms with van der Waals surface area (Å²) in [5.74, 6) is -2.81. The third-order valence-corrected chi connectivity index (χ3v) is 3.85. The Morgan fingerprint density at radius 1 is 1.00 bits per heavy atom. The maximum absolute atomic E-state index is 12.6. The Labute approximate surface area is 162 Å². The lowest BCUT2D eigenvalue weighted by Gasteiger charge is -2.21. The monoisotopic (exact) mass is 391 g/mol. The molecule has 1 aromatic rings. The van der Waals surface area contributed by atoms with Gasteiger partial charge in [-0.3, -0.25) is 19.2 Å². The molecule has 2 atom stereocenters. The van der Waals surface area contributed by atoms with Crippen molar-refractivity contribution >= 4 is 35.1 Å². The molecule has 10 nitrogen and oxygen atoms in total. The van der Waals surface area contributed by atoms with Crippen LogP contribution in [0.25, 0.3) is 5.76 Å². The first-order valence-corrected chi connectivity index (χ1v) is 8.52. The van der Waals surface area contributed by atoms with Gasteiger partial charge in [0.2, 0.25) is 23.6 Å². The molecule has 0 saturated heterocycles. The van der Waals surface area contributed by atoms with Crippen molar-refractivity contribution in [1.29, 1.82) is 0 Å². The highest BCUT2D eigenvalue weighted by Crippen LogP contribution is 2.21. The molecule has 0 bridgehead atoms. The summed E-state index contributed by atoms with van der Waals surface area (Å²) in [6.45, 7) is 3.42. The number of amides is 4. The number of carbonyl (C=O) groups excluding carboxylic acids is 4. The predicted octanol–water partition coefficient (Wildman–Crippen LogP) is -0.503. The van der Waals surface area contributed by atoms with Gasteiger partial charge >= 0.3 is 0 Å². The summed E-state index contributed by atoms with van der Waals surface area (Å²) in [5.41, 5.74) is 16.4. The Hall–Kier alpha value is -3.40. The van der Waals surface area contributed by atoms with Crippen LogP contribution in [0.3, 0.4) is 0 Å². The molecule has 0 saturated carbocycles. The van der Waals surface area contributed by atoms with Gasteiger partial charge in [0.1, 0.15) is 11.8 Å². The molecule has 9 N–H and O–H groups in total. The molecule has 0 spiro atoms. The fourth-order valence-electron chi connectivity index (χ4n) is 2.33. The Morgan fingerprint density at radius 3 is 2.14 bits per heavy atom. The third kappa shape index (κ3) is 7.46. The van der Waals surface area contributed by atoms with E-state index in [0.29, 0.717) is 5.56 Å². The van der Waals surface area contributed by atoms with Crippen molar-refractivity contribution < 1.29 is 24.3 Å². The van der Waals surface area contributed by atoms with E-state index < -0.39 is 35.7 Å². The highest BCUT2D eigenvalue weighted by atomic mass is 16.3. The van der Waals surface area contributed by atoms with Crippen LogP contribution in [-0.2, 0) is 19.2 Å². The lowest BCUT2D eigenvalue weighted by molar-refractivity contribution is -0.128. The van der Waals surface area contributed by atoms with Crippen LogP contribution in [0.4, 0.5) is 5.69 Å². The van der Waals surface area contributed by atoms with E-state index in [-0.39, 0.29) is 37.1 Å². The number of rotatable bonds is 11. The van der Waals surface area contributed by atoms with E-state index >= 15 is 0 Å². The van der Waals surface area contributed by atoms with Gasteiger partial charge in [0.15, 0.2) is 0 Å². The molecular weight excluding hydrogens is 366 g/mol. The molecule has 0 fully saturated rings. The van der Waals surface area contributed by atoms with E-state index in [1.807, 2.05) is 0 Å². The minimum absolute atomic E-state index is 0.0124. The maximum Gasteiger partial charge on any atom is 0.246 e. The standard InChI is InChI=1S/C18H25N5O5/c1-10(24)11-4-2-3-5-13(11)22-18(28)14(7-9-16(21)26)23-17(27)12(19)6-8-15(20)25/h2-5,12,14,24H,1,6-9,19H2,(H2,20,25)(H2,21,26)(H,22,28)(H,23,27). The number of hydrogen-bond acceptors (Lipinski definition) is 6. The van der Waals surface area contributed by atoms with Crippen LogP contribution >= 0.6 is 0 Å². The second-order valence-corrected chi connectivity index (χ2v) is 6.16. The number of nitrogens with two attached hydrogens (primary N) is 3. The largest absolute Gasteiger partial charge is 0.508 e. The summed E-state index contributed by atoms with van der Waals surface area (Å²) in [6.07, 6.45) is -0.280. The minimum atomic E-state index is -1.11. The smallest absolute Gasteiger partial charge is 0.246 e. The predicted molar refractivity (Wildman–Crippen MR) is 103 cm³/mol. The summed E-state index contributed by atoms with van der Waals surface area (Å²) < 4.78 is 0. The average molecular weight is 391 g/mol. The fourth-order valence-corrected chi connectivity index (χ4v) is 2.33.